The summed E-state index contributed by atoms with van der Waals surface area (Å²) in [6.07, 6.45) is 7.83. The fourth-order valence-electron chi connectivity index (χ4n) is 5.02. The zero-order valence-corrected chi connectivity index (χ0v) is 15.1. The number of piperidine rings is 3. The Morgan fingerprint density at radius 2 is 2.04 bits per heavy atom. The molecule has 3 aliphatic rings. The molecule has 0 spiro atoms. The molecular formula is C19H24N6O. The molecule has 0 saturated carbocycles. The highest BCUT2D eigenvalue weighted by atomic mass is 16.2. The first-order chi connectivity index (χ1) is 12.7. The Kier molecular flexibility index (Phi) is 3.69. The van der Waals surface area contributed by atoms with E-state index in [2.05, 4.69) is 19.9 Å². The Balaban J connectivity index is 1.43. The van der Waals surface area contributed by atoms with Crippen LogP contribution in [-0.2, 0) is 4.79 Å². The van der Waals surface area contributed by atoms with E-state index in [1.54, 1.807) is 10.9 Å². The van der Waals surface area contributed by atoms with Crippen molar-refractivity contribution in [3.05, 3.63) is 30.4 Å². The van der Waals surface area contributed by atoms with Crippen LogP contribution in [0.5, 0.6) is 0 Å². The maximum Gasteiger partial charge on any atom is 0.222 e. The van der Waals surface area contributed by atoms with Crippen LogP contribution in [0.3, 0.4) is 0 Å². The molecule has 0 radical (unpaired) electrons. The van der Waals surface area contributed by atoms with Crippen LogP contribution in [0.1, 0.15) is 31.5 Å². The normalized spacial score (nSPS) is 28.2. The van der Waals surface area contributed by atoms with Gasteiger partial charge in [0, 0.05) is 50.6 Å². The number of carbonyl (C=O) groups is 1. The number of hydrogen-bond donors (Lipinski definition) is 0. The van der Waals surface area contributed by atoms with Gasteiger partial charge in [0.1, 0.15) is 11.6 Å². The number of carbonyl (C=O) groups excluding carboxylic acids is 1. The number of aromatic nitrogens is 4. The van der Waals surface area contributed by atoms with E-state index < -0.39 is 0 Å². The lowest BCUT2D eigenvalue weighted by Gasteiger charge is -2.52. The molecule has 1 amide bonds. The summed E-state index contributed by atoms with van der Waals surface area (Å²) in [5, 5.41) is 4.30. The topological polar surface area (TPSA) is 67.2 Å². The largest absolute Gasteiger partial charge is 0.356 e. The van der Waals surface area contributed by atoms with Gasteiger partial charge in [-0.2, -0.15) is 5.10 Å². The van der Waals surface area contributed by atoms with Gasteiger partial charge in [-0.15, -0.1) is 0 Å². The molecule has 7 heteroatoms. The molecule has 7 nitrogen and oxygen atoms in total. The molecule has 2 bridgehead atoms. The highest BCUT2D eigenvalue weighted by Gasteiger charge is 2.44. The fraction of sp³-hybridized carbons (Fsp3) is 0.579. The zero-order valence-electron chi connectivity index (χ0n) is 15.1. The summed E-state index contributed by atoms with van der Waals surface area (Å²) < 4.78 is 1.78. The van der Waals surface area contributed by atoms with Crippen LogP contribution in [0.4, 0.5) is 5.82 Å². The van der Waals surface area contributed by atoms with E-state index in [0.29, 0.717) is 23.8 Å². The molecule has 136 valence electrons. The van der Waals surface area contributed by atoms with Crippen LogP contribution in [0.15, 0.2) is 24.5 Å². The SMILES string of the molecule is Cc1nc(N2CC3CC(C2)[C@@H]2CCCC(=O)N2C3)cc(-n2cccn2)n1. The van der Waals surface area contributed by atoms with Crippen LogP contribution in [0, 0.1) is 18.8 Å². The second-order valence-electron chi connectivity index (χ2n) is 7.85. The Morgan fingerprint density at radius 3 is 2.88 bits per heavy atom. The van der Waals surface area contributed by atoms with Crippen molar-refractivity contribution < 1.29 is 4.79 Å². The molecule has 0 aliphatic carbocycles. The van der Waals surface area contributed by atoms with Crippen molar-refractivity contribution in [3.63, 3.8) is 0 Å². The number of amides is 1. The molecule has 2 aromatic rings. The van der Waals surface area contributed by atoms with Gasteiger partial charge in [0.15, 0.2) is 5.82 Å². The second-order valence-corrected chi connectivity index (χ2v) is 7.85. The van der Waals surface area contributed by atoms with E-state index in [1.807, 2.05) is 25.3 Å². The molecule has 5 heterocycles. The lowest BCUT2D eigenvalue weighted by molar-refractivity contribution is -0.142. The molecule has 3 fully saturated rings. The Hall–Kier alpha value is -2.44. The maximum absolute atomic E-state index is 12.3. The monoisotopic (exact) mass is 352 g/mol. The van der Waals surface area contributed by atoms with Gasteiger partial charge >= 0.3 is 0 Å². The third kappa shape index (κ3) is 2.66. The van der Waals surface area contributed by atoms with Crippen molar-refractivity contribution in [2.75, 3.05) is 24.5 Å². The molecule has 5 rings (SSSR count). The molecule has 3 atom stereocenters. The van der Waals surface area contributed by atoms with E-state index in [9.17, 15) is 4.79 Å². The van der Waals surface area contributed by atoms with Crippen molar-refractivity contribution in [2.45, 2.75) is 38.6 Å². The van der Waals surface area contributed by atoms with Gasteiger partial charge in [-0.05, 0) is 44.1 Å². The summed E-state index contributed by atoms with van der Waals surface area (Å²) in [4.78, 5) is 26.1. The molecule has 3 aliphatic heterocycles. The van der Waals surface area contributed by atoms with Crippen LogP contribution in [-0.4, -0.2) is 56.2 Å². The molecule has 0 N–H and O–H groups in total. The predicted octanol–water partition coefficient (Wildman–Crippen LogP) is 1.81. The van der Waals surface area contributed by atoms with Crippen molar-refractivity contribution in [3.8, 4) is 5.82 Å². The summed E-state index contributed by atoms with van der Waals surface area (Å²) in [5.41, 5.74) is 0. The number of nitrogens with zero attached hydrogens (tertiary/aromatic N) is 6. The van der Waals surface area contributed by atoms with Gasteiger partial charge in [0.25, 0.3) is 0 Å². The summed E-state index contributed by atoms with van der Waals surface area (Å²) >= 11 is 0. The van der Waals surface area contributed by atoms with Gasteiger partial charge in [0.05, 0.1) is 0 Å². The van der Waals surface area contributed by atoms with Crippen LogP contribution < -0.4 is 4.90 Å². The minimum Gasteiger partial charge on any atom is -0.356 e. The highest BCUT2D eigenvalue weighted by Crippen LogP contribution is 2.39. The van der Waals surface area contributed by atoms with Gasteiger partial charge in [-0.3, -0.25) is 4.79 Å². The molecule has 2 aromatic heterocycles. The van der Waals surface area contributed by atoms with Gasteiger partial charge < -0.3 is 9.80 Å². The maximum atomic E-state index is 12.3. The summed E-state index contributed by atoms with van der Waals surface area (Å²) in [6, 6.07) is 4.35. The van der Waals surface area contributed by atoms with Crippen molar-refractivity contribution >= 4 is 11.7 Å². The highest BCUT2D eigenvalue weighted by molar-refractivity contribution is 5.77. The quantitative estimate of drug-likeness (QED) is 0.825. The van der Waals surface area contributed by atoms with Gasteiger partial charge in [0.2, 0.25) is 5.91 Å². The van der Waals surface area contributed by atoms with Gasteiger partial charge in [-0.25, -0.2) is 14.6 Å². The lowest BCUT2D eigenvalue weighted by atomic mass is 9.76. The van der Waals surface area contributed by atoms with Crippen LogP contribution >= 0.6 is 0 Å². The van der Waals surface area contributed by atoms with Crippen molar-refractivity contribution in [1.29, 1.82) is 0 Å². The molecular weight excluding hydrogens is 328 g/mol. The first kappa shape index (κ1) is 15.8. The van der Waals surface area contributed by atoms with Crippen LogP contribution in [0.25, 0.3) is 5.82 Å². The lowest BCUT2D eigenvalue weighted by Crippen LogP contribution is -2.60. The molecule has 3 saturated heterocycles. The van der Waals surface area contributed by atoms with E-state index in [-0.39, 0.29) is 0 Å². The van der Waals surface area contributed by atoms with Crippen molar-refractivity contribution in [1.82, 2.24) is 24.6 Å². The number of aryl methyl sites for hydroxylation is 1. The third-order valence-corrected chi connectivity index (χ3v) is 6.05. The Labute approximate surface area is 153 Å². The smallest absolute Gasteiger partial charge is 0.222 e. The summed E-state index contributed by atoms with van der Waals surface area (Å²) in [7, 11) is 0. The Bertz CT molecular complexity index is 819. The van der Waals surface area contributed by atoms with E-state index >= 15 is 0 Å². The standard InChI is InChI=1S/C19H24N6O/c1-13-21-17(9-18(22-13)25-7-3-6-20-25)23-10-14-8-15(12-23)16-4-2-5-19(26)24(16)11-14/h3,6-7,9,14-16H,2,4-5,8,10-12H2,1H3/t14?,15?,16-/m0/s1. The average Bonchev–Trinajstić information content (AvgIpc) is 3.17. The number of rotatable bonds is 2. The molecule has 2 unspecified atom stereocenters. The van der Waals surface area contributed by atoms with Crippen molar-refractivity contribution in [2.24, 2.45) is 11.8 Å². The average molecular weight is 352 g/mol. The predicted molar refractivity (Wildman–Crippen MR) is 97.1 cm³/mol. The summed E-state index contributed by atoms with van der Waals surface area (Å²) in [6.45, 7) is 4.78. The zero-order chi connectivity index (χ0) is 17.7. The number of anilines is 1. The fourth-order valence-corrected chi connectivity index (χ4v) is 5.02. The van der Waals surface area contributed by atoms with E-state index in [0.717, 1.165) is 56.4 Å². The van der Waals surface area contributed by atoms with E-state index in [4.69, 9.17) is 4.98 Å². The Morgan fingerprint density at radius 1 is 1.15 bits per heavy atom. The van der Waals surface area contributed by atoms with Crippen LogP contribution in [0.2, 0.25) is 0 Å². The number of hydrogen-bond acceptors (Lipinski definition) is 5. The summed E-state index contributed by atoms with van der Waals surface area (Å²) in [5.74, 6) is 4.00. The minimum absolute atomic E-state index is 0.364. The van der Waals surface area contributed by atoms with E-state index in [1.165, 1.54) is 6.42 Å². The third-order valence-electron chi connectivity index (χ3n) is 6.05. The molecule has 26 heavy (non-hydrogen) atoms. The minimum atomic E-state index is 0.364. The first-order valence-corrected chi connectivity index (χ1v) is 9.57. The first-order valence-electron chi connectivity index (χ1n) is 9.57. The second kappa shape index (κ2) is 6.07. The van der Waals surface area contributed by atoms with Gasteiger partial charge in [-0.1, -0.05) is 0 Å². The number of fused-ring (bicyclic) bond motifs is 4. The molecule has 0 aromatic carbocycles.